The van der Waals surface area contributed by atoms with Crippen LogP contribution in [0.25, 0.3) is 21.9 Å². The number of aliphatic imine (C=N–C) groups is 1. The lowest BCUT2D eigenvalue weighted by atomic mass is 9.99. The van der Waals surface area contributed by atoms with E-state index in [1.807, 2.05) is 67.9 Å². The Hall–Kier alpha value is -4.38. The van der Waals surface area contributed by atoms with Crippen molar-refractivity contribution in [2.75, 3.05) is 31.1 Å². The van der Waals surface area contributed by atoms with Gasteiger partial charge in [0.05, 0.1) is 27.2 Å². The molecule has 0 saturated carbocycles. The third kappa shape index (κ3) is 8.81. The average Bonchev–Trinajstić information content (AvgIpc) is 3.46. The Morgan fingerprint density at radius 1 is 1.09 bits per heavy atom. The number of allylic oxidation sites excluding steroid dienone is 3. The molecule has 7 heteroatoms. The summed E-state index contributed by atoms with van der Waals surface area (Å²) in [5.74, 6) is 0. The van der Waals surface area contributed by atoms with Crippen molar-refractivity contribution in [3.05, 3.63) is 113 Å². The average molecular weight is 589 g/mol. The number of rotatable bonds is 15. The van der Waals surface area contributed by atoms with E-state index in [4.69, 9.17) is 4.98 Å². The molecule has 0 saturated heterocycles. The highest BCUT2D eigenvalue weighted by molar-refractivity contribution is 7.19. The minimum Gasteiger partial charge on any atom is -0.372 e. The fourth-order valence-electron chi connectivity index (χ4n) is 5.12. The fraction of sp³-hybridized carbons (Fsp3) is 0.278. The van der Waals surface area contributed by atoms with Crippen LogP contribution in [0.5, 0.6) is 0 Å². The molecule has 0 radical (unpaired) electrons. The van der Waals surface area contributed by atoms with Crippen LogP contribution in [0.1, 0.15) is 49.0 Å². The second kappa shape index (κ2) is 16.3. The smallest absolute Gasteiger partial charge is 0.135 e. The molecule has 0 aliphatic rings. The molecule has 43 heavy (non-hydrogen) atoms. The van der Waals surface area contributed by atoms with Crippen LogP contribution in [0.4, 0.5) is 5.69 Å². The van der Waals surface area contributed by atoms with Gasteiger partial charge in [0, 0.05) is 44.3 Å². The van der Waals surface area contributed by atoms with Gasteiger partial charge < -0.3 is 4.90 Å². The highest BCUT2D eigenvalue weighted by Gasteiger charge is 2.14. The largest absolute Gasteiger partial charge is 0.372 e. The number of para-hydroxylation sites is 1. The van der Waals surface area contributed by atoms with Gasteiger partial charge in [-0.3, -0.25) is 14.9 Å². The van der Waals surface area contributed by atoms with Gasteiger partial charge in [0.2, 0.25) is 0 Å². The maximum absolute atomic E-state index is 10.1. The highest BCUT2D eigenvalue weighted by atomic mass is 32.1. The summed E-state index contributed by atoms with van der Waals surface area (Å²) in [7, 11) is 0. The number of hydrogen-bond donors (Lipinski definition) is 0. The maximum atomic E-state index is 10.1. The van der Waals surface area contributed by atoms with Crippen molar-refractivity contribution in [3.8, 4) is 6.07 Å². The standard InChI is InChI=1S/C36H40N6S/c1-5-14-31(38-6-2)26-41(27-32-16-11-12-21-39-32)22-13-15-28-24-33(42(7-3)8-4)20-19-29(28)23-30(25-37)36-40-34-17-9-10-18-35(34)43-36/h5-6,9-12,14,16-21,23-24H,1,7-8,13,15,22,26-27H2,2-4H3/b30-23+,31-14-,38-6-. The predicted octanol–water partition coefficient (Wildman–Crippen LogP) is 8.20. The van der Waals surface area contributed by atoms with E-state index in [-0.39, 0.29) is 0 Å². The Labute approximate surface area is 260 Å². The van der Waals surface area contributed by atoms with Gasteiger partial charge in [-0.25, -0.2) is 4.98 Å². The third-order valence-corrected chi connectivity index (χ3v) is 8.29. The Balaban J connectivity index is 1.62. The summed E-state index contributed by atoms with van der Waals surface area (Å²) in [4.78, 5) is 18.6. The number of anilines is 1. The molecule has 0 amide bonds. The summed E-state index contributed by atoms with van der Waals surface area (Å²) >= 11 is 1.56. The minimum atomic E-state index is 0.589. The van der Waals surface area contributed by atoms with E-state index in [0.717, 1.165) is 71.2 Å². The molecule has 0 spiro atoms. The molecular formula is C36H40N6S. The maximum Gasteiger partial charge on any atom is 0.135 e. The molecule has 0 atom stereocenters. The summed E-state index contributed by atoms with van der Waals surface area (Å²) < 4.78 is 1.08. The van der Waals surface area contributed by atoms with Crippen LogP contribution in [0, 0.1) is 11.3 Å². The van der Waals surface area contributed by atoms with E-state index in [9.17, 15) is 5.26 Å². The lowest BCUT2D eigenvalue weighted by Gasteiger charge is -2.24. The van der Waals surface area contributed by atoms with Crippen molar-refractivity contribution >= 4 is 45.1 Å². The van der Waals surface area contributed by atoms with Crippen molar-refractivity contribution in [2.45, 2.75) is 40.2 Å². The number of benzene rings is 2. The number of aromatic nitrogens is 2. The van der Waals surface area contributed by atoms with E-state index in [1.165, 1.54) is 11.3 Å². The quantitative estimate of drug-likeness (QED) is 0.0795. The number of nitriles is 1. The molecule has 0 bridgehead atoms. The number of aryl methyl sites for hydroxylation is 1. The Morgan fingerprint density at radius 2 is 1.91 bits per heavy atom. The Kier molecular flexibility index (Phi) is 12.0. The first-order chi connectivity index (χ1) is 21.1. The van der Waals surface area contributed by atoms with Crippen LogP contribution in [-0.2, 0) is 13.0 Å². The van der Waals surface area contributed by atoms with Crippen LogP contribution < -0.4 is 4.90 Å². The zero-order chi connectivity index (χ0) is 30.4. The number of fused-ring (bicyclic) bond motifs is 1. The van der Waals surface area contributed by atoms with Crippen molar-refractivity contribution < 1.29 is 0 Å². The van der Waals surface area contributed by atoms with Gasteiger partial charge in [-0.1, -0.05) is 36.9 Å². The van der Waals surface area contributed by atoms with Crippen LogP contribution in [0.3, 0.4) is 0 Å². The Morgan fingerprint density at radius 3 is 2.60 bits per heavy atom. The van der Waals surface area contributed by atoms with E-state index < -0.39 is 0 Å². The number of hydrogen-bond acceptors (Lipinski definition) is 7. The molecule has 220 valence electrons. The van der Waals surface area contributed by atoms with Crippen LogP contribution >= 0.6 is 11.3 Å². The highest BCUT2D eigenvalue weighted by Crippen LogP contribution is 2.30. The number of thiazole rings is 1. The number of nitrogens with zero attached hydrogens (tertiary/aromatic N) is 6. The molecular weight excluding hydrogens is 549 g/mol. The molecule has 0 unspecified atom stereocenters. The van der Waals surface area contributed by atoms with Crippen molar-refractivity contribution in [1.82, 2.24) is 14.9 Å². The molecule has 2 aromatic heterocycles. The molecule has 0 fully saturated rings. The topological polar surface area (TPSA) is 68.4 Å². The van der Waals surface area contributed by atoms with Gasteiger partial charge in [0.25, 0.3) is 0 Å². The lowest BCUT2D eigenvalue weighted by Crippen LogP contribution is -2.27. The van der Waals surface area contributed by atoms with Gasteiger partial charge in [-0.15, -0.1) is 11.3 Å². The van der Waals surface area contributed by atoms with E-state index in [0.29, 0.717) is 12.1 Å². The lowest BCUT2D eigenvalue weighted by molar-refractivity contribution is 0.280. The second-order valence-corrected chi connectivity index (χ2v) is 11.2. The zero-order valence-corrected chi connectivity index (χ0v) is 26.2. The molecule has 2 heterocycles. The predicted molar refractivity (Wildman–Crippen MR) is 183 cm³/mol. The van der Waals surface area contributed by atoms with E-state index in [2.05, 4.69) is 70.5 Å². The molecule has 0 aliphatic heterocycles. The normalized spacial score (nSPS) is 12.3. The zero-order valence-electron chi connectivity index (χ0n) is 25.4. The van der Waals surface area contributed by atoms with Gasteiger partial charge in [-0.2, -0.15) is 5.26 Å². The second-order valence-electron chi connectivity index (χ2n) is 10.1. The monoisotopic (exact) mass is 588 g/mol. The SMILES string of the molecule is C=C/C=C(CN(CCCc1cc(N(CC)CC)ccc1/C=C(\C#N)c1nc2ccccc2s1)Cc1ccccn1)\N=C/C. The molecule has 4 rings (SSSR count). The van der Waals surface area contributed by atoms with Crippen LogP contribution in [0.2, 0.25) is 0 Å². The summed E-state index contributed by atoms with van der Waals surface area (Å²) in [6, 6.07) is 23.1. The summed E-state index contributed by atoms with van der Waals surface area (Å²) in [5.41, 5.74) is 7.00. The van der Waals surface area contributed by atoms with Crippen LogP contribution in [-0.4, -0.2) is 47.3 Å². The molecule has 0 aliphatic carbocycles. The van der Waals surface area contributed by atoms with Crippen molar-refractivity contribution in [2.24, 2.45) is 4.99 Å². The summed E-state index contributed by atoms with van der Waals surface area (Å²) in [6.07, 6.45) is 11.2. The first-order valence-electron chi connectivity index (χ1n) is 14.9. The molecule has 2 aromatic carbocycles. The number of pyridine rings is 1. The van der Waals surface area contributed by atoms with Crippen molar-refractivity contribution in [3.63, 3.8) is 0 Å². The van der Waals surface area contributed by atoms with Gasteiger partial charge >= 0.3 is 0 Å². The molecule has 4 aromatic rings. The van der Waals surface area contributed by atoms with Gasteiger partial charge in [-0.05, 0) is 99.8 Å². The van der Waals surface area contributed by atoms with Crippen molar-refractivity contribution in [1.29, 1.82) is 5.26 Å². The Bertz CT molecular complexity index is 1590. The first kappa shape index (κ1) is 31.6. The summed E-state index contributed by atoms with van der Waals surface area (Å²) in [6.45, 7) is 14.3. The van der Waals surface area contributed by atoms with Gasteiger partial charge in [0.1, 0.15) is 11.1 Å². The van der Waals surface area contributed by atoms with E-state index in [1.54, 1.807) is 17.4 Å². The minimum absolute atomic E-state index is 0.589. The van der Waals surface area contributed by atoms with Gasteiger partial charge in [0.15, 0.2) is 0 Å². The summed E-state index contributed by atoms with van der Waals surface area (Å²) in [5, 5.41) is 10.9. The molecule has 6 nitrogen and oxygen atoms in total. The fourth-order valence-corrected chi connectivity index (χ4v) is 6.05. The first-order valence-corrected chi connectivity index (χ1v) is 15.7. The van der Waals surface area contributed by atoms with E-state index >= 15 is 0 Å². The third-order valence-electron chi connectivity index (χ3n) is 7.22. The molecule has 0 N–H and O–H groups in total. The van der Waals surface area contributed by atoms with Crippen LogP contribution in [0.15, 0.2) is 96.3 Å².